The molecule has 0 spiro atoms. The summed E-state index contributed by atoms with van der Waals surface area (Å²) < 4.78 is 4.83. The van der Waals surface area contributed by atoms with Gasteiger partial charge in [-0.05, 0) is 105 Å². The molecule has 0 bridgehead atoms. The molecule has 12 aromatic rings. The van der Waals surface area contributed by atoms with E-state index in [1.54, 1.807) is 0 Å². The first-order valence-corrected chi connectivity index (χ1v) is 21.8. The van der Waals surface area contributed by atoms with E-state index in [0.29, 0.717) is 0 Å². The van der Waals surface area contributed by atoms with Gasteiger partial charge >= 0.3 is 0 Å². The molecule has 0 aliphatic carbocycles. The Bertz CT molecular complexity index is 3430. The summed E-state index contributed by atoms with van der Waals surface area (Å²) in [7, 11) is 0. The third kappa shape index (κ3) is 5.95. The van der Waals surface area contributed by atoms with Crippen molar-refractivity contribution in [2.45, 2.75) is 5.41 Å². The van der Waals surface area contributed by atoms with Crippen LogP contribution in [-0.4, -0.2) is 9.13 Å². The number of para-hydroxylation sites is 2. The summed E-state index contributed by atoms with van der Waals surface area (Å²) in [6.45, 7) is 0. The van der Waals surface area contributed by atoms with Crippen LogP contribution in [0.1, 0.15) is 22.3 Å². The number of nitrogens with zero attached hydrogens (tertiary/aromatic N) is 2. The Morgan fingerprint density at radius 2 is 0.635 bits per heavy atom. The molecule has 296 valence electrons. The predicted octanol–water partition coefficient (Wildman–Crippen LogP) is 15.6. The summed E-state index contributed by atoms with van der Waals surface area (Å²) in [6, 6.07) is 93.3. The fraction of sp³-hybridized carbons (Fsp3) is 0.0164. The van der Waals surface area contributed by atoms with Crippen LogP contribution in [0.25, 0.3) is 77.2 Å². The Balaban J connectivity index is 1.05. The smallest absolute Gasteiger partial charge is 0.0701 e. The van der Waals surface area contributed by atoms with E-state index in [1.807, 2.05) is 0 Å². The van der Waals surface area contributed by atoms with E-state index in [2.05, 4.69) is 264 Å². The van der Waals surface area contributed by atoms with Gasteiger partial charge in [0, 0.05) is 32.9 Å². The van der Waals surface area contributed by atoms with Gasteiger partial charge in [-0.2, -0.15) is 0 Å². The molecular formula is C61H42N2. The molecule has 12 rings (SSSR count). The monoisotopic (exact) mass is 802 g/mol. The molecule has 2 aromatic heterocycles. The molecule has 0 saturated heterocycles. The van der Waals surface area contributed by atoms with E-state index in [-0.39, 0.29) is 0 Å². The van der Waals surface area contributed by atoms with Crippen LogP contribution in [0, 0.1) is 0 Å². The largest absolute Gasteiger partial charge is 0.309 e. The molecule has 0 amide bonds. The summed E-state index contributed by atoms with van der Waals surface area (Å²) in [5.74, 6) is 0. The van der Waals surface area contributed by atoms with Crippen LogP contribution in [0.2, 0.25) is 0 Å². The van der Waals surface area contributed by atoms with Gasteiger partial charge in [0.25, 0.3) is 0 Å². The minimum absolute atomic E-state index is 0.561. The highest BCUT2D eigenvalue weighted by molar-refractivity contribution is 6.11. The number of hydrogen-bond acceptors (Lipinski definition) is 0. The normalized spacial score (nSPS) is 11.8. The zero-order valence-electron chi connectivity index (χ0n) is 34.6. The van der Waals surface area contributed by atoms with Crippen molar-refractivity contribution in [2.24, 2.45) is 0 Å². The molecule has 2 nitrogen and oxygen atoms in total. The molecule has 0 N–H and O–H groups in total. The van der Waals surface area contributed by atoms with E-state index in [9.17, 15) is 0 Å². The molecule has 0 atom stereocenters. The number of rotatable bonds is 8. The second kappa shape index (κ2) is 15.1. The fourth-order valence-electron chi connectivity index (χ4n) is 10.2. The van der Waals surface area contributed by atoms with Gasteiger partial charge in [0.15, 0.2) is 0 Å². The first kappa shape index (κ1) is 36.6. The fourth-order valence-corrected chi connectivity index (χ4v) is 10.2. The van der Waals surface area contributed by atoms with Gasteiger partial charge in [-0.25, -0.2) is 0 Å². The summed E-state index contributed by atoms with van der Waals surface area (Å²) in [6.07, 6.45) is 0. The minimum atomic E-state index is -0.561. The van der Waals surface area contributed by atoms with Crippen LogP contribution in [0.4, 0.5) is 0 Å². The third-order valence-electron chi connectivity index (χ3n) is 13.1. The van der Waals surface area contributed by atoms with Crippen molar-refractivity contribution in [3.63, 3.8) is 0 Å². The molecule has 2 heteroatoms. The second-order valence-corrected chi connectivity index (χ2v) is 16.5. The molecule has 0 saturated carbocycles. The van der Waals surface area contributed by atoms with Crippen molar-refractivity contribution < 1.29 is 0 Å². The Hall–Kier alpha value is -8.20. The molecule has 10 aromatic carbocycles. The maximum atomic E-state index is 2.47. The second-order valence-electron chi connectivity index (χ2n) is 16.5. The van der Waals surface area contributed by atoms with Gasteiger partial charge < -0.3 is 9.13 Å². The molecule has 0 unspecified atom stereocenters. The molecule has 0 radical (unpaired) electrons. The van der Waals surface area contributed by atoms with Crippen molar-refractivity contribution in [1.82, 2.24) is 9.13 Å². The summed E-state index contributed by atoms with van der Waals surface area (Å²) >= 11 is 0. The van der Waals surface area contributed by atoms with Crippen molar-refractivity contribution in [3.05, 3.63) is 277 Å². The summed E-state index contributed by atoms with van der Waals surface area (Å²) in [5.41, 5.74) is 16.1. The van der Waals surface area contributed by atoms with Crippen LogP contribution < -0.4 is 0 Å². The molecule has 0 aliphatic rings. The number of fused-ring (bicyclic) bond motifs is 6. The molecular weight excluding hydrogens is 761 g/mol. The highest BCUT2D eigenvalue weighted by Gasteiger charge is 2.38. The molecule has 2 heterocycles. The van der Waals surface area contributed by atoms with Gasteiger partial charge in [0.05, 0.1) is 27.5 Å². The zero-order valence-corrected chi connectivity index (χ0v) is 34.6. The summed E-state index contributed by atoms with van der Waals surface area (Å²) in [5, 5.41) is 4.97. The van der Waals surface area contributed by atoms with Gasteiger partial charge in [-0.15, -0.1) is 0 Å². The minimum Gasteiger partial charge on any atom is -0.309 e. The summed E-state index contributed by atoms with van der Waals surface area (Å²) in [4.78, 5) is 0. The lowest BCUT2D eigenvalue weighted by molar-refractivity contribution is 0.746. The maximum Gasteiger partial charge on any atom is 0.0701 e. The first-order chi connectivity index (χ1) is 31.3. The Morgan fingerprint density at radius 3 is 1.22 bits per heavy atom. The van der Waals surface area contributed by atoms with Crippen LogP contribution in [0.5, 0.6) is 0 Å². The number of hydrogen-bond donors (Lipinski definition) is 0. The molecule has 63 heavy (non-hydrogen) atoms. The average molecular weight is 803 g/mol. The Labute approximate surface area is 367 Å². The van der Waals surface area contributed by atoms with E-state index in [1.165, 1.54) is 88.1 Å². The van der Waals surface area contributed by atoms with Gasteiger partial charge in [0.2, 0.25) is 0 Å². The van der Waals surface area contributed by atoms with Gasteiger partial charge in [0.1, 0.15) is 0 Å². The third-order valence-corrected chi connectivity index (χ3v) is 13.1. The predicted molar refractivity (Wildman–Crippen MR) is 264 cm³/mol. The van der Waals surface area contributed by atoms with Crippen molar-refractivity contribution >= 4 is 43.6 Å². The van der Waals surface area contributed by atoms with Crippen molar-refractivity contribution in [2.75, 3.05) is 0 Å². The van der Waals surface area contributed by atoms with Gasteiger partial charge in [-0.3, -0.25) is 0 Å². The van der Waals surface area contributed by atoms with Crippen LogP contribution >= 0.6 is 0 Å². The van der Waals surface area contributed by atoms with E-state index in [0.717, 1.165) is 11.4 Å². The lowest BCUT2D eigenvalue weighted by Gasteiger charge is -2.37. The Morgan fingerprint density at radius 1 is 0.222 bits per heavy atom. The van der Waals surface area contributed by atoms with Gasteiger partial charge in [-0.1, -0.05) is 194 Å². The van der Waals surface area contributed by atoms with Crippen LogP contribution in [0.15, 0.2) is 255 Å². The van der Waals surface area contributed by atoms with E-state index < -0.39 is 5.41 Å². The standard InChI is InChI=1S/C61H42N2/c1-5-18-43(19-6-1)46-34-38-59-55(41-46)56-42-50(61(47-21-7-2-8-22-47,48-23-9-3-10-24-48)49-25-11-4-12-26-49)35-39-60(56)63(59)52-27-17-20-45(40-52)44-32-36-51(37-33-44)62-57-30-15-13-28-53(57)54-29-14-16-31-58(54)62/h1-42H. The maximum absolute atomic E-state index is 2.47. The average Bonchev–Trinajstić information content (AvgIpc) is 3.88. The highest BCUT2D eigenvalue weighted by Crippen LogP contribution is 2.47. The highest BCUT2D eigenvalue weighted by atomic mass is 15.0. The topological polar surface area (TPSA) is 9.86 Å². The lowest BCUT2D eigenvalue weighted by Crippen LogP contribution is -2.30. The van der Waals surface area contributed by atoms with Crippen LogP contribution in [-0.2, 0) is 5.41 Å². The van der Waals surface area contributed by atoms with E-state index in [4.69, 9.17) is 0 Å². The Kier molecular flexibility index (Phi) is 8.76. The quantitative estimate of drug-likeness (QED) is 0.135. The van der Waals surface area contributed by atoms with E-state index >= 15 is 0 Å². The molecule has 0 aliphatic heterocycles. The zero-order chi connectivity index (χ0) is 41.7. The van der Waals surface area contributed by atoms with Crippen molar-refractivity contribution in [3.8, 4) is 33.6 Å². The lowest BCUT2D eigenvalue weighted by atomic mass is 9.65. The first-order valence-electron chi connectivity index (χ1n) is 21.8. The molecule has 0 fully saturated rings. The SMILES string of the molecule is c1ccc(-c2ccc3c(c2)c2cc(C(c4ccccc4)(c4ccccc4)c4ccccc4)ccc2n3-c2cccc(-c3ccc(-n4c5ccccc5c5ccccc54)cc3)c2)cc1. The van der Waals surface area contributed by atoms with Crippen molar-refractivity contribution in [1.29, 1.82) is 0 Å². The number of benzene rings is 10. The van der Waals surface area contributed by atoms with Crippen LogP contribution in [0.3, 0.4) is 0 Å². The number of aromatic nitrogens is 2.